The molecule has 0 atom stereocenters. The molecule has 0 bridgehead atoms. The van der Waals surface area contributed by atoms with Gasteiger partial charge in [-0.15, -0.1) is 0 Å². The number of imidazole rings is 1. The van der Waals surface area contributed by atoms with E-state index in [4.69, 9.17) is 0 Å². The van der Waals surface area contributed by atoms with Crippen LogP contribution in [0.25, 0.3) is 0 Å². The van der Waals surface area contributed by atoms with Crippen LogP contribution in [0.4, 0.5) is 5.82 Å². The Morgan fingerprint density at radius 2 is 2.33 bits per heavy atom. The van der Waals surface area contributed by atoms with Crippen LogP contribution in [0.15, 0.2) is 12.5 Å². The van der Waals surface area contributed by atoms with Crippen LogP contribution in [0, 0.1) is 0 Å². The van der Waals surface area contributed by atoms with E-state index in [9.17, 15) is 0 Å². The summed E-state index contributed by atoms with van der Waals surface area (Å²) in [6.07, 6.45) is 4.03. The molecule has 0 aliphatic carbocycles. The average molecular weight is 126 g/mol. The van der Waals surface area contributed by atoms with Gasteiger partial charge in [-0.05, 0) is 0 Å². The van der Waals surface area contributed by atoms with Crippen molar-refractivity contribution in [2.75, 3.05) is 12.4 Å². The van der Waals surface area contributed by atoms with E-state index in [1.165, 1.54) is 0 Å². The molecular weight excluding hydrogens is 114 g/mol. The Morgan fingerprint density at radius 3 is 2.56 bits per heavy atom. The summed E-state index contributed by atoms with van der Waals surface area (Å²) in [5.74, 6) is 1.12. The summed E-state index contributed by atoms with van der Waals surface area (Å²) < 4.78 is 4.03. The van der Waals surface area contributed by atoms with Crippen LogP contribution in [0.3, 0.4) is 0 Å². The van der Waals surface area contributed by atoms with Crippen molar-refractivity contribution in [2.45, 2.75) is 0 Å². The number of hydrogen-bond acceptors (Lipinski definition) is 1. The number of aryl methyl sites for hydroxylation is 2. The summed E-state index contributed by atoms with van der Waals surface area (Å²) >= 11 is 0. The number of aromatic nitrogens is 2. The standard InChI is InChI=1S/C6H12N3/c1-7-6-4-8(2)5-9(6)3/h4-5,7H,1-3H3/q+1. The van der Waals surface area contributed by atoms with Crippen molar-refractivity contribution in [3.63, 3.8) is 0 Å². The lowest BCUT2D eigenvalue weighted by molar-refractivity contribution is -0.670. The highest BCUT2D eigenvalue weighted by molar-refractivity contribution is 5.28. The van der Waals surface area contributed by atoms with Gasteiger partial charge in [-0.1, -0.05) is 0 Å². The van der Waals surface area contributed by atoms with E-state index in [1.54, 1.807) is 0 Å². The number of nitrogens with one attached hydrogen (secondary N) is 1. The summed E-state index contributed by atoms with van der Waals surface area (Å²) in [5, 5.41) is 3.06. The van der Waals surface area contributed by atoms with E-state index >= 15 is 0 Å². The molecule has 0 aliphatic rings. The minimum absolute atomic E-state index is 1.12. The topological polar surface area (TPSA) is 20.8 Å². The monoisotopic (exact) mass is 126 g/mol. The molecule has 0 unspecified atom stereocenters. The molecule has 1 N–H and O–H groups in total. The first-order valence-corrected chi connectivity index (χ1v) is 2.93. The molecule has 0 spiro atoms. The smallest absolute Gasteiger partial charge is 0.245 e. The number of anilines is 1. The third kappa shape index (κ3) is 1.04. The van der Waals surface area contributed by atoms with E-state index in [-0.39, 0.29) is 0 Å². The Hall–Kier alpha value is -0.990. The predicted molar refractivity (Wildman–Crippen MR) is 36.1 cm³/mol. The molecule has 1 aromatic rings. The van der Waals surface area contributed by atoms with Gasteiger partial charge in [0.05, 0.1) is 14.1 Å². The summed E-state index contributed by atoms with van der Waals surface area (Å²) in [6.45, 7) is 0. The van der Waals surface area contributed by atoms with Gasteiger partial charge in [0.2, 0.25) is 12.1 Å². The van der Waals surface area contributed by atoms with Gasteiger partial charge in [0, 0.05) is 7.05 Å². The molecule has 0 saturated heterocycles. The fourth-order valence-electron chi connectivity index (χ4n) is 0.894. The molecular formula is C6H12N3+. The second-order valence-corrected chi connectivity index (χ2v) is 2.16. The second-order valence-electron chi connectivity index (χ2n) is 2.16. The summed E-state index contributed by atoms with van der Waals surface area (Å²) in [5.41, 5.74) is 0. The maximum absolute atomic E-state index is 3.06. The lowest BCUT2D eigenvalue weighted by atomic mass is 10.7. The fourth-order valence-corrected chi connectivity index (χ4v) is 0.894. The largest absolute Gasteiger partial charge is 0.353 e. The quantitative estimate of drug-likeness (QED) is 0.521. The Kier molecular flexibility index (Phi) is 1.42. The molecule has 1 aromatic heterocycles. The zero-order valence-electron chi connectivity index (χ0n) is 6.05. The third-order valence-electron chi connectivity index (χ3n) is 1.32. The minimum atomic E-state index is 1.12. The van der Waals surface area contributed by atoms with Crippen molar-refractivity contribution in [1.29, 1.82) is 0 Å². The van der Waals surface area contributed by atoms with Crippen molar-refractivity contribution < 1.29 is 4.57 Å². The molecule has 3 nitrogen and oxygen atoms in total. The Balaban J connectivity index is 3.01. The molecule has 0 aromatic carbocycles. The van der Waals surface area contributed by atoms with Crippen molar-refractivity contribution in [2.24, 2.45) is 14.1 Å². The maximum Gasteiger partial charge on any atom is 0.245 e. The summed E-state index contributed by atoms with van der Waals surface area (Å²) in [6, 6.07) is 0. The summed E-state index contributed by atoms with van der Waals surface area (Å²) in [7, 11) is 5.92. The van der Waals surface area contributed by atoms with Gasteiger partial charge in [0.15, 0.2) is 6.20 Å². The minimum Gasteiger partial charge on any atom is -0.353 e. The van der Waals surface area contributed by atoms with Crippen LogP contribution in [-0.4, -0.2) is 11.6 Å². The van der Waals surface area contributed by atoms with Crippen LogP contribution in [0.2, 0.25) is 0 Å². The molecule has 1 heterocycles. The van der Waals surface area contributed by atoms with Crippen molar-refractivity contribution in [3.8, 4) is 0 Å². The zero-order valence-corrected chi connectivity index (χ0v) is 6.05. The van der Waals surface area contributed by atoms with Gasteiger partial charge in [0.1, 0.15) is 0 Å². The lowest BCUT2D eigenvalue weighted by Gasteiger charge is -1.88. The first-order valence-electron chi connectivity index (χ1n) is 2.93. The second kappa shape index (κ2) is 2.09. The Bertz CT molecular complexity index is 202. The van der Waals surface area contributed by atoms with Crippen molar-refractivity contribution >= 4 is 5.82 Å². The van der Waals surface area contributed by atoms with Crippen molar-refractivity contribution in [1.82, 2.24) is 4.57 Å². The number of hydrogen-bond donors (Lipinski definition) is 1. The Labute approximate surface area is 54.9 Å². The van der Waals surface area contributed by atoms with Crippen LogP contribution in [0.5, 0.6) is 0 Å². The molecule has 3 heteroatoms. The van der Waals surface area contributed by atoms with E-state index < -0.39 is 0 Å². The van der Waals surface area contributed by atoms with Crippen LogP contribution in [-0.2, 0) is 14.1 Å². The van der Waals surface area contributed by atoms with Gasteiger partial charge in [-0.2, -0.15) is 0 Å². The average Bonchev–Trinajstić information content (AvgIpc) is 2.10. The molecule has 9 heavy (non-hydrogen) atoms. The first-order chi connectivity index (χ1) is 4.24. The van der Waals surface area contributed by atoms with E-state index in [1.807, 2.05) is 42.8 Å². The zero-order chi connectivity index (χ0) is 6.85. The highest BCUT2D eigenvalue weighted by Crippen LogP contribution is 1.97. The van der Waals surface area contributed by atoms with Gasteiger partial charge >= 0.3 is 0 Å². The lowest BCUT2D eigenvalue weighted by Crippen LogP contribution is -2.23. The van der Waals surface area contributed by atoms with Gasteiger partial charge < -0.3 is 5.32 Å². The molecule has 0 aliphatic heterocycles. The molecule has 0 fully saturated rings. The fraction of sp³-hybridized carbons (Fsp3) is 0.500. The van der Waals surface area contributed by atoms with E-state index in [0.29, 0.717) is 0 Å². The first kappa shape index (κ1) is 6.13. The van der Waals surface area contributed by atoms with Gasteiger partial charge in [-0.25, -0.2) is 9.13 Å². The van der Waals surface area contributed by atoms with Crippen molar-refractivity contribution in [3.05, 3.63) is 12.5 Å². The maximum atomic E-state index is 3.06. The molecule has 1 rings (SSSR count). The highest BCUT2D eigenvalue weighted by Gasteiger charge is 2.02. The molecule has 0 saturated carbocycles. The van der Waals surface area contributed by atoms with Gasteiger partial charge in [-0.3, -0.25) is 0 Å². The van der Waals surface area contributed by atoms with Crippen LogP contribution < -0.4 is 9.88 Å². The Morgan fingerprint density at radius 1 is 1.67 bits per heavy atom. The number of rotatable bonds is 1. The third-order valence-corrected chi connectivity index (χ3v) is 1.32. The molecule has 50 valence electrons. The van der Waals surface area contributed by atoms with Crippen LogP contribution >= 0.6 is 0 Å². The SMILES string of the molecule is CNc1c[n+](C)cn1C. The normalized spacial score (nSPS) is 9.67. The van der Waals surface area contributed by atoms with Crippen LogP contribution in [0.1, 0.15) is 0 Å². The van der Waals surface area contributed by atoms with Gasteiger partial charge in [0.25, 0.3) is 0 Å². The van der Waals surface area contributed by atoms with E-state index in [0.717, 1.165) is 5.82 Å². The highest BCUT2D eigenvalue weighted by atomic mass is 15.2. The molecule has 0 radical (unpaired) electrons. The molecule has 0 amide bonds. The van der Waals surface area contributed by atoms with E-state index in [2.05, 4.69) is 5.32 Å². The number of nitrogens with zero attached hydrogens (tertiary/aromatic N) is 2. The predicted octanol–water partition coefficient (Wildman–Crippen LogP) is -0.109. The summed E-state index contributed by atoms with van der Waals surface area (Å²) in [4.78, 5) is 0.